The van der Waals surface area contributed by atoms with Crippen molar-refractivity contribution < 1.29 is 9.18 Å². The third-order valence-corrected chi connectivity index (χ3v) is 5.61. The lowest BCUT2D eigenvalue weighted by Gasteiger charge is -2.15. The van der Waals surface area contributed by atoms with Crippen molar-refractivity contribution >= 4 is 39.8 Å². The van der Waals surface area contributed by atoms with Gasteiger partial charge < -0.3 is 0 Å². The van der Waals surface area contributed by atoms with Gasteiger partial charge in [-0.3, -0.25) is 9.69 Å². The normalized spacial score (nSPS) is 18.6. The molecule has 0 unspecified atom stereocenters. The highest BCUT2D eigenvalue weighted by Gasteiger charge is 2.35. The Kier molecular flexibility index (Phi) is 5.21. The molecule has 1 fully saturated rings. The molecule has 140 valence electrons. The van der Waals surface area contributed by atoms with Crippen LogP contribution in [-0.2, 0) is 11.3 Å². The summed E-state index contributed by atoms with van der Waals surface area (Å²) >= 11 is 1.38. The van der Waals surface area contributed by atoms with E-state index in [9.17, 15) is 9.18 Å². The van der Waals surface area contributed by atoms with Crippen LogP contribution in [0, 0.1) is 5.82 Å². The lowest BCUT2D eigenvalue weighted by Crippen LogP contribution is -2.30. The van der Waals surface area contributed by atoms with Gasteiger partial charge in [-0.15, -0.1) is 5.10 Å². The Balaban J connectivity index is 1.58. The first-order valence-corrected chi connectivity index (χ1v) is 9.81. The number of hydrogen-bond acceptors (Lipinski definition) is 4. The minimum absolute atomic E-state index is 0.0200. The summed E-state index contributed by atoms with van der Waals surface area (Å²) in [4.78, 5) is 14.1. The van der Waals surface area contributed by atoms with Crippen molar-refractivity contribution in [1.29, 1.82) is 0 Å². The lowest BCUT2D eigenvalue weighted by molar-refractivity contribution is -0.126. The number of carbonyl (C=O) groups excluding carboxylic acids is 1. The first-order chi connectivity index (χ1) is 13.6. The number of benzene rings is 3. The molecule has 0 saturated carbocycles. The van der Waals surface area contributed by atoms with Crippen molar-refractivity contribution in [3.05, 3.63) is 83.7 Å². The maximum absolute atomic E-state index is 13.1. The van der Waals surface area contributed by atoms with E-state index in [-0.39, 0.29) is 17.0 Å². The van der Waals surface area contributed by atoms with Gasteiger partial charge in [0.25, 0.3) is 0 Å². The van der Waals surface area contributed by atoms with E-state index in [0.717, 1.165) is 21.9 Å². The largest absolute Gasteiger partial charge is 0.284 e. The number of halogens is 1. The highest BCUT2D eigenvalue weighted by Crippen LogP contribution is 2.28. The monoisotopic (exact) mass is 391 g/mol. The number of nitrogens with zero attached hydrogens (tertiary/aromatic N) is 3. The molecular weight excluding hydrogens is 373 g/mol. The van der Waals surface area contributed by atoms with Crippen LogP contribution in [-0.4, -0.2) is 27.4 Å². The molecule has 1 aliphatic rings. The molecular formula is C22H18FN3OS. The van der Waals surface area contributed by atoms with Crippen LogP contribution in [0.5, 0.6) is 0 Å². The van der Waals surface area contributed by atoms with Crippen LogP contribution in [0.2, 0.25) is 0 Å². The average Bonchev–Trinajstić information content (AvgIpc) is 2.97. The molecule has 0 radical (unpaired) electrons. The van der Waals surface area contributed by atoms with Gasteiger partial charge in [0.2, 0.25) is 5.91 Å². The van der Waals surface area contributed by atoms with E-state index in [4.69, 9.17) is 0 Å². The number of rotatable bonds is 4. The number of amidine groups is 1. The Bertz CT molecular complexity index is 1070. The molecule has 3 aromatic rings. The standard InChI is InChI=1S/C22H18FN3OS/c1-15-21(27)26(14-16-9-11-19(23)12-10-16)22(28-15)25-24-13-18-7-4-6-17-5-2-3-8-20(17)18/h2-13,15H,14H2,1H3/b24-13-,25-22+/t15-/m1/s1. The van der Waals surface area contributed by atoms with Crippen molar-refractivity contribution in [3.8, 4) is 0 Å². The summed E-state index contributed by atoms with van der Waals surface area (Å²) in [6, 6.07) is 20.2. The number of fused-ring (bicyclic) bond motifs is 1. The first kappa shape index (κ1) is 18.4. The third-order valence-electron chi connectivity index (χ3n) is 4.54. The Hall–Kier alpha value is -2.99. The summed E-state index contributed by atoms with van der Waals surface area (Å²) in [5.41, 5.74) is 1.81. The number of amides is 1. The maximum atomic E-state index is 13.1. The molecule has 4 nitrogen and oxygen atoms in total. The van der Waals surface area contributed by atoms with Crippen molar-refractivity contribution in [3.63, 3.8) is 0 Å². The van der Waals surface area contributed by atoms with Gasteiger partial charge in [0, 0.05) is 5.56 Å². The molecule has 0 aromatic heterocycles. The summed E-state index contributed by atoms with van der Waals surface area (Å²) in [6.45, 7) is 2.20. The van der Waals surface area contributed by atoms with Gasteiger partial charge in [-0.25, -0.2) is 4.39 Å². The molecule has 1 saturated heterocycles. The smallest absolute Gasteiger partial charge is 0.242 e. The fourth-order valence-electron chi connectivity index (χ4n) is 3.08. The van der Waals surface area contributed by atoms with E-state index in [1.54, 1.807) is 23.2 Å². The van der Waals surface area contributed by atoms with Crippen molar-refractivity contribution in [2.45, 2.75) is 18.7 Å². The minimum Gasteiger partial charge on any atom is -0.284 e. The second-order valence-electron chi connectivity index (χ2n) is 6.51. The number of thioether (sulfide) groups is 1. The molecule has 3 aromatic carbocycles. The van der Waals surface area contributed by atoms with Crippen molar-refractivity contribution in [2.24, 2.45) is 10.2 Å². The second kappa shape index (κ2) is 7.94. The van der Waals surface area contributed by atoms with E-state index in [1.807, 2.05) is 37.3 Å². The van der Waals surface area contributed by atoms with Crippen LogP contribution in [0.25, 0.3) is 10.8 Å². The molecule has 1 aliphatic heterocycles. The zero-order chi connectivity index (χ0) is 19.5. The molecule has 0 bridgehead atoms. The Morgan fingerprint density at radius 3 is 2.64 bits per heavy atom. The van der Waals surface area contributed by atoms with Crippen molar-refractivity contribution in [2.75, 3.05) is 0 Å². The third kappa shape index (κ3) is 3.82. The quantitative estimate of drug-likeness (QED) is 0.472. The zero-order valence-corrected chi connectivity index (χ0v) is 16.1. The second-order valence-corrected chi connectivity index (χ2v) is 7.81. The Labute approximate surface area is 166 Å². The summed E-state index contributed by atoms with van der Waals surface area (Å²) in [6.07, 6.45) is 1.71. The zero-order valence-electron chi connectivity index (χ0n) is 15.2. The van der Waals surface area contributed by atoms with Crippen LogP contribution in [0.15, 0.2) is 76.9 Å². The fraction of sp³-hybridized carbons (Fsp3) is 0.136. The van der Waals surface area contributed by atoms with Crippen LogP contribution in [0.3, 0.4) is 0 Å². The SMILES string of the molecule is C[C@H]1S/C(=N/N=C\c2cccc3ccccc23)N(Cc2ccc(F)cc2)C1=O. The van der Waals surface area contributed by atoms with E-state index >= 15 is 0 Å². The molecule has 0 spiro atoms. The molecule has 0 N–H and O–H groups in total. The van der Waals surface area contributed by atoms with E-state index < -0.39 is 0 Å². The summed E-state index contributed by atoms with van der Waals surface area (Å²) in [7, 11) is 0. The summed E-state index contributed by atoms with van der Waals surface area (Å²) in [5, 5.41) is 11.1. The Morgan fingerprint density at radius 2 is 1.82 bits per heavy atom. The van der Waals surface area contributed by atoms with Crippen LogP contribution >= 0.6 is 11.8 Å². The predicted octanol–water partition coefficient (Wildman–Crippen LogP) is 4.83. The molecule has 1 heterocycles. The molecule has 1 amide bonds. The van der Waals surface area contributed by atoms with Crippen molar-refractivity contribution in [1.82, 2.24) is 4.90 Å². The van der Waals surface area contributed by atoms with E-state index in [2.05, 4.69) is 22.3 Å². The molecule has 1 atom stereocenters. The lowest BCUT2D eigenvalue weighted by atomic mass is 10.1. The van der Waals surface area contributed by atoms with Crippen LogP contribution in [0.1, 0.15) is 18.1 Å². The molecule has 4 rings (SSSR count). The maximum Gasteiger partial charge on any atom is 0.242 e. The van der Waals surface area contributed by atoms with Gasteiger partial charge in [0.05, 0.1) is 18.0 Å². The average molecular weight is 391 g/mol. The minimum atomic E-state index is -0.298. The Morgan fingerprint density at radius 1 is 1.07 bits per heavy atom. The number of carbonyl (C=O) groups is 1. The van der Waals surface area contributed by atoms with Gasteiger partial charge >= 0.3 is 0 Å². The van der Waals surface area contributed by atoms with Gasteiger partial charge in [0.15, 0.2) is 5.17 Å². The topological polar surface area (TPSA) is 45.0 Å². The van der Waals surface area contributed by atoms with Gasteiger partial charge in [0.1, 0.15) is 5.82 Å². The highest BCUT2D eigenvalue weighted by atomic mass is 32.2. The van der Waals surface area contributed by atoms with E-state index in [0.29, 0.717) is 11.7 Å². The van der Waals surface area contributed by atoms with Gasteiger partial charge in [-0.2, -0.15) is 5.10 Å². The summed E-state index contributed by atoms with van der Waals surface area (Å²) in [5.74, 6) is -0.318. The highest BCUT2D eigenvalue weighted by molar-refractivity contribution is 8.15. The molecule has 6 heteroatoms. The molecule has 28 heavy (non-hydrogen) atoms. The van der Waals surface area contributed by atoms with E-state index in [1.165, 1.54) is 23.9 Å². The van der Waals surface area contributed by atoms with Gasteiger partial charge in [-0.1, -0.05) is 66.4 Å². The first-order valence-electron chi connectivity index (χ1n) is 8.93. The van der Waals surface area contributed by atoms with Crippen LogP contribution < -0.4 is 0 Å². The summed E-state index contributed by atoms with van der Waals surface area (Å²) < 4.78 is 13.1. The number of hydrogen-bond donors (Lipinski definition) is 0. The fourth-order valence-corrected chi connectivity index (χ4v) is 4.01. The van der Waals surface area contributed by atoms with Crippen LogP contribution in [0.4, 0.5) is 4.39 Å². The molecule has 0 aliphatic carbocycles. The predicted molar refractivity (Wildman–Crippen MR) is 113 cm³/mol. The van der Waals surface area contributed by atoms with Gasteiger partial charge in [-0.05, 0) is 35.4 Å².